The van der Waals surface area contributed by atoms with Gasteiger partial charge in [0.25, 0.3) is 0 Å². The maximum Gasteiger partial charge on any atom is 0.235 e. The Morgan fingerprint density at radius 2 is 1.29 bits per heavy atom. The molecule has 0 saturated heterocycles. The lowest BCUT2D eigenvalue weighted by Crippen LogP contribution is -2.07. The third-order valence-electron chi connectivity index (χ3n) is 11.8. The SMILES string of the molecule is C=Cc1c(/C=C\C)ccc2c1Oc1cccc3nc(-n4c5ccccc5c5cc(-c6cccc7c6ccc6c7c7ccccc7n6-c6ccccc6)ccc54)nc-2c13. The summed E-state index contributed by atoms with van der Waals surface area (Å²) in [6.07, 6.45) is 5.98. The van der Waals surface area contributed by atoms with Crippen molar-refractivity contribution in [2.24, 2.45) is 0 Å². The normalized spacial score (nSPS) is 12.4. The van der Waals surface area contributed by atoms with Gasteiger partial charge in [0, 0.05) is 38.4 Å². The minimum Gasteiger partial charge on any atom is -0.455 e. The van der Waals surface area contributed by atoms with Gasteiger partial charge in [-0.2, -0.15) is 0 Å². The van der Waals surface area contributed by atoms with E-state index in [0.29, 0.717) is 5.95 Å². The largest absolute Gasteiger partial charge is 0.455 e. The predicted octanol–water partition coefficient (Wildman–Crippen LogP) is 14.1. The Hall–Kier alpha value is -7.76. The van der Waals surface area contributed by atoms with Crippen LogP contribution in [0.5, 0.6) is 11.5 Å². The molecule has 0 saturated carbocycles. The maximum atomic E-state index is 6.59. The minimum absolute atomic E-state index is 0.617. The molecule has 0 spiro atoms. The molecule has 1 aliphatic rings. The molecule has 5 nitrogen and oxygen atoms in total. The fourth-order valence-corrected chi connectivity index (χ4v) is 9.36. The number of hydrogen-bond donors (Lipinski definition) is 0. The van der Waals surface area contributed by atoms with Gasteiger partial charge in [-0.25, -0.2) is 9.97 Å². The highest BCUT2D eigenvalue weighted by molar-refractivity contribution is 6.23. The van der Waals surface area contributed by atoms with Gasteiger partial charge in [0.15, 0.2) is 0 Å². The average molecular weight is 743 g/mol. The molecule has 4 heterocycles. The van der Waals surface area contributed by atoms with Gasteiger partial charge in [-0.05, 0) is 95.1 Å². The molecule has 0 amide bonds. The zero-order valence-corrected chi connectivity index (χ0v) is 31.6. The van der Waals surface area contributed by atoms with E-state index in [1.165, 1.54) is 38.1 Å². The average Bonchev–Trinajstić information content (AvgIpc) is 3.79. The van der Waals surface area contributed by atoms with E-state index in [4.69, 9.17) is 14.7 Å². The van der Waals surface area contributed by atoms with E-state index in [1.54, 1.807) is 0 Å². The molecule has 8 aromatic carbocycles. The predicted molar refractivity (Wildman–Crippen MR) is 241 cm³/mol. The van der Waals surface area contributed by atoms with Gasteiger partial charge in [-0.1, -0.05) is 122 Å². The van der Waals surface area contributed by atoms with Crippen molar-refractivity contribution in [3.63, 3.8) is 0 Å². The number of benzene rings is 8. The lowest BCUT2D eigenvalue weighted by Gasteiger charge is -2.23. The molecule has 1 aliphatic heterocycles. The van der Waals surface area contributed by atoms with Crippen molar-refractivity contribution in [3.8, 4) is 45.5 Å². The first-order valence-corrected chi connectivity index (χ1v) is 19.7. The summed E-state index contributed by atoms with van der Waals surface area (Å²) in [7, 11) is 0. The Morgan fingerprint density at radius 1 is 0.552 bits per heavy atom. The molecule has 3 aromatic heterocycles. The number of allylic oxidation sites excluding steroid dienone is 1. The third-order valence-corrected chi connectivity index (χ3v) is 11.8. The second kappa shape index (κ2) is 12.4. The van der Waals surface area contributed by atoms with Crippen LogP contribution in [0.4, 0.5) is 0 Å². The summed E-state index contributed by atoms with van der Waals surface area (Å²) < 4.78 is 11.2. The van der Waals surface area contributed by atoms with Crippen LogP contribution >= 0.6 is 0 Å². The van der Waals surface area contributed by atoms with Crippen molar-refractivity contribution in [3.05, 3.63) is 182 Å². The molecular weight excluding hydrogens is 709 g/mol. The summed E-state index contributed by atoms with van der Waals surface area (Å²) in [5.41, 5.74) is 12.6. The molecular formula is C53H34N4O. The summed E-state index contributed by atoms with van der Waals surface area (Å²) in [6, 6.07) is 56.3. The minimum atomic E-state index is 0.617. The van der Waals surface area contributed by atoms with Gasteiger partial charge in [0.1, 0.15) is 11.5 Å². The zero-order valence-electron chi connectivity index (χ0n) is 31.6. The fourth-order valence-electron chi connectivity index (χ4n) is 9.36. The van der Waals surface area contributed by atoms with E-state index in [0.717, 1.165) is 77.8 Å². The number of fused-ring (bicyclic) bond motifs is 10. The molecule has 0 atom stereocenters. The molecule has 0 radical (unpaired) electrons. The van der Waals surface area contributed by atoms with Gasteiger partial charge in [0.2, 0.25) is 5.95 Å². The summed E-state index contributed by atoms with van der Waals surface area (Å²) in [4.78, 5) is 10.6. The van der Waals surface area contributed by atoms with Crippen molar-refractivity contribution in [1.82, 2.24) is 19.1 Å². The van der Waals surface area contributed by atoms with Crippen LogP contribution in [0.2, 0.25) is 0 Å². The second-order valence-corrected chi connectivity index (χ2v) is 14.9. The Balaban J connectivity index is 1.07. The van der Waals surface area contributed by atoms with Crippen LogP contribution < -0.4 is 4.74 Å². The highest BCUT2D eigenvalue weighted by Gasteiger charge is 2.27. The van der Waals surface area contributed by atoms with Crippen LogP contribution in [0.3, 0.4) is 0 Å². The Morgan fingerprint density at radius 3 is 2.14 bits per heavy atom. The van der Waals surface area contributed by atoms with Crippen LogP contribution in [0.25, 0.3) is 111 Å². The standard InChI is InChI=1S/C53H34N4O/c1-3-14-32-25-27-41-51-50-43(21-13-24-48(50)58-52(41)35(32)4-2)54-53(55-51)57-44-22-10-8-17-38(44)42-31-33(26-29-46(42)57)36-19-12-20-39-37(36)28-30-47-49(39)40-18-9-11-23-45(40)56(47)34-15-6-5-7-16-34/h3-31H,2H2,1H3/b14-3-. The van der Waals surface area contributed by atoms with Gasteiger partial charge >= 0.3 is 0 Å². The molecule has 12 rings (SSSR count). The first-order valence-electron chi connectivity index (χ1n) is 19.7. The van der Waals surface area contributed by atoms with Crippen LogP contribution in [-0.4, -0.2) is 19.1 Å². The van der Waals surface area contributed by atoms with E-state index in [9.17, 15) is 0 Å². The summed E-state index contributed by atoms with van der Waals surface area (Å²) in [6.45, 7) is 6.16. The van der Waals surface area contributed by atoms with Crippen molar-refractivity contribution in [2.45, 2.75) is 6.92 Å². The van der Waals surface area contributed by atoms with E-state index >= 15 is 0 Å². The molecule has 272 valence electrons. The molecule has 5 heteroatoms. The van der Waals surface area contributed by atoms with E-state index in [1.807, 2.05) is 37.3 Å². The monoisotopic (exact) mass is 742 g/mol. The Kier molecular flexibility index (Phi) is 6.93. The number of aromatic nitrogens is 4. The van der Waals surface area contributed by atoms with Gasteiger partial charge in [-0.3, -0.25) is 4.57 Å². The van der Waals surface area contributed by atoms with Gasteiger partial charge < -0.3 is 9.30 Å². The second-order valence-electron chi connectivity index (χ2n) is 14.9. The molecule has 58 heavy (non-hydrogen) atoms. The van der Waals surface area contributed by atoms with E-state index in [-0.39, 0.29) is 0 Å². The third kappa shape index (κ3) is 4.53. The van der Waals surface area contributed by atoms with Crippen LogP contribution in [0.15, 0.2) is 170 Å². The van der Waals surface area contributed by atoms with Gasteiger partial charge in [-0.15, -0.1) is 0 Å². The van der Waals surface area contributed by atoms with E-state index in [2.05, 4.69) is 161 Å². The van der Waals surface area contributed by atoms with Crippen molar-refractivity contribution >= 4 is 77.4 Å². The summed E-state index contributed by atoms with van der Waals surface area (Å²) >= 11 is 0. The maximum absolute atomic E-state index is 6.59. The molecule has 0 aliphatic carbocycles. The number of nitrogens with zero attached hydrogens (tertiary/aromatic N) is 4. The first-order chi connectivity index (χ1) is 28.7. The quantitative estimate of drug-likeness (QED) is 0.176. The molecule has 0 unspecified atom stereocenters. The number of hydrogen-bond acceptors (Lipinski definition) is 3. The topological polar surface area (TPSA) is 44.9 Å². The smallest absolute Gasteiger partial charge is 0.235 e. The van der Waals surface area contributed by atoms with Gasteiger partial charge in [0.05, 0.1) is 38.7 Å². The summed E-state index contributed by atoms with van der Waals surface area (Å²) in [5, 5.41) is 8.17. The van der Waals surface area contributed by atoms with Crippen molar-refractivity contribution < 1.29 is 4.74 Å². The van der Waals surface area contributed by atoms with Crippen molar-refractivity contribution in [1.29, 1.82) is 0 Å². The highest BCUT2D eigenvalue weighted by Crippen LogP contribution is 2.49. The number of ether oxygens (including phenoxy) is 1. The molecule has 11 aromatic rings. The lowest BCUT2D eigenvalue weighted by molar-refractivity contribution is 0.485. The van der Waals surface area contributed by atoms with Crippen molar-refractivity contribution in [2.75, 3.05) is 0 Å². The first kappa shape index (κ1) is 32.5. The van der Waals surface area contributed by atoms with Crippen LogP contribution in [0.1, 0.15) is 18.1 Å². The highest BCUT2D eigenvalue weighted by atomic mass is 16.5. The van der Waals surface area contributed by atoms with Crippen LogP contribution in [-0.2, 0) is 0 Å². The Bertz CT molecular complexity index is 3570. The van der Waals surface area contributed by atoms with Crippen LogP contribution in [0, 0.1) is 0 Å². The number of para-hydroxylation sites is 3. The lowest BCUT2D eigenvalue weighted by atomic mass is 9.94. The molecule has 0 fully saturated rings. The number of rotatable bonds is 5. The molecule has 0 bridgehead atoms. The molecule has 0 N–H and O–H groups in total. The zero-order chi connectivity index (χ0) is 38.5. The fraction of sp³-hybridized carbons (Fsp3) is 0.0189. The van der Waals surface area contributed by atoms with E-state index < -0.39 is 0 Å². The Labute approximate surface area is 334 Å². The summed E-state index contributed by atoms with van der Waals surface area (Å²) in [5.74, 6) is 2.13.